The predicted octanol–water partition coefficient (Wildman–Crippen LogP) is 8.40. The number of methoxy groups -OCH3 is 1. The van der Waals surface area contributed by atoms with Crippen LogP contribution in [0, 0.1) is 11.8 Å². The van der Waals surface area contributed by atoms with Crippen LogP contribution in [0.2, 0.25) is 0 Å². The summed E-state index contributed by atoms with van der Waals surface area (Å²) in [4.78, 5) is 5.09. The number of thiophene rings is 1. The van der Waals surface area contributed by atoms with Crippen LogP contribution < -0.4 is 4.57 Å². The van der Waals surface area contributed by atoms with E-state index in [9.17, 15) is 5.11 Å². The molecule has 2 aromatic heterocycles. The van der Waals surface area contributed by atoms with Crippen LogP contribution in [0.1, 0.15) is 63.3 Å². The second kappa shape index (κ2) is 10.1. The van der Waals surface area contributed by atoms with E-state index < -0.39 is 5.60 Å². The lowest BCUT2D eigenvalue weighted by Crippen LogP contribution is -2.71. The minimum Gasteiger partial charge on any atom is -0.386 e. The molecule has 3 heterocycles. The Kier molecular flexibility index (Phi) is 6.66. The number of rotatable bonds is 6. The van der Waals surface area contributed by atoms with E-state index in [4.69, 9.17) is 9.72 Å². The third-order valence-corrected chi connectivity index (χ3v) is 10.7. The summed E-state index contributed by atoms with van der Waals surface area (Å²) in [7, 11) is 1.67. The van der Waals surface area contributed by atoms with Gasteiger partial charge in [0.15, 0.2) is 5.69 Å². The van der Waals surface area contributed by atoms with Gasteiger partial charge in [-0.05, 0) is 73.8 Å². The fourth-order valence-electron chi connectivity index (χ4n) is 7.94. The zero-order chi connectivity index (χ0) is 30.3. The van der Waals surface area contributed by atoms with E-state index in [1.165, 1.54) is 43.1 Å². The fraction of sp³-hybridized carbons (Fsp3) is 0.368. The van der Waals surface area contributed by atoms with Crippen molar-refractivity contribution in [2.75, 3.05) is 13.7 Å². The van der Waals surface area contributed by atoms with Crippen molar-refractivity contribution < 1.29 is 14.4 Å². The molecule has 1 aliphatic carbocycles. The number of nitrogens with zero attached hydrogens (tertiary/aromatic N) is 2. The highest BCUT2D eigenvalue weighted by molar-refractivity contribution is 7.17. The first kappa shape index (κ1) is 28.4. The van der Waals surface area contributed by atoms with Gasteiger partial charge >= 0.3 is 0 Å². The Labute approximate surface area is 258 Å². The smallest absolute Gasteiger partial charge is 0.287 e. The van der Waals surface area contributed by atoms with Gasteiger partial charge in [-0.1, -0.05) is 71.0 Å². The average molecular weight is 590 g/mol. The standard InChI is InChI=1S/C38H41N2O2S/c1-8-29-35-34(38(29,41)20-42-7)33-26-12-10-9-11-24(26)30(37(4,5)6)18-28(33)32-19-31(39-21-40(32)35)25-14-13-23(17-22(2)3)36-27(25)15-16-43-36/h8-16,18-19,21-22,29,34-35,41H,1,17,20H2,2-7H3/q+1. The number of ether oxygens (including phenoxy) is 1. The topological polar surface area (TPSA) is 46.2 Å². The Morgan fingerprint density at radius 3 is 2.53 bits per heavy atom. The van der Waals surface area contributed by atoms with Gasteiger partial charge in [-0.15, -0.1) is 17.9 Å². The average Bonchev–Trinajstić information content (AvgIpc) is 3.46. The van der Waals surface area contributed by atoms with Gasteiger partial charge in [0.05, 0.1) is 18.4 Å². The normalized spacial score (nSPS) is 22.7. The van der Waals surface area contributed by atoms with Crippen molar-refractivity contribution in [1.82, 2.24) is 4.98 Å². The third-order valence-electron chi connectivity index (χ3n) is 9.73. The largest absolute Gasteiger partial charge is 0.386 e. The number of hydrogen-bond donors (Lipinski definition) is 1. The molecule has 1 N–H and O–H groups in total. The van der Waals surface area contributed by atoms with Gasteiger partial charge in [-0.3, -0.25) is 0 Å². The van der Waals surface area contributed by atoms with Crippen molar-refractivity contribution >= 4 is 32.2 Å². The Balaban J connectivity index is 1.51. The molecule has 220 valence electrons. The molecule has 0 bridgehead atoms. The summed E-state index contributed by atoms with van der Waals surface area (Å²) in [6.45, 7) is 15.8. The molecule has 7 rings (SSSR count). The number of hydrogen-bond acceptors (Lipinski definition) is 4. The maximum absolute atomic E-state index is 12.2. The molecule has 1 saturated carbocycles. The van der Waals surface area contributed by atoms with Gasteiger partial charge in [0, 0.05) is 34.4 Å². The Morgan fingerprint density at radius 2 is 1.84 bits per heavy atom. The molecule has 2 aliphatic rings. The van der Waals surface area contributed by atoms with Crippen LogP contribution in [0.15, 0.2) is 79.0 Å². The van der Waals surface area contributed by atoms with Crippen molar-refractivity contribution in [3.63, 3.8) is 0 Å². The lowest BCUT2D eigenvalue weighted by atomic mass is 9.52. The molecule has 5 heteroatoms. The molecule has 0 radical (unpaired) electrons. The van der Waals surface area contributed by atoms with E-state index in [2.05, 4.69) is 106 Å². The summed E-state index contributed by atoms with van der Waals surface area (Å²) in [5.74, 6) is 0.290. The van der Waals surface area contributed by atoms with Crippen molar-refractivity contribution in [1.29, 1.82) is 0 Å². The van der Waals surface area contributed by atoms with Gasteiger partial charge < -0.3 is 9.84 Å². The zero-order valence-electron chi connectivity index (χ0n) is 26.0. The quantitative estimate of drug-likeness (QED) is 0.160. The minimum atomic E-state index is -1.06. The lowest BCUT2D eigenvalue weighted by Gasteiger charge is -2.57. The summed E-state index contributed by atoms with van der Waals surface area (Å²) >= 11 is 1.82. The first-order valence-corrected chi connectivity index (χ1v) is 16.3. The molecule has 3 aromatic carbocycles. The molecule has 1 aliphatic heterocycles. The van der Waals surface area contributed by atoms with Crippen molar-refractivity contribution in [3.05, 3.63) is 95.6 Å². The van der Waals surface area contributed by atoms with Crippen molar-refractivity contribution in [2.45, 2.75) is 64.0 Å². The second-order valence-electron chi connectivity index (χ2n) is 13.9. The van der Waals surface area contributed by atoms with Gasteiger partial charge in [0.25, 0.3) is 6.33 Å². The Hall–Kier alpha value is -3.38. The number of aliphatic hydroxyl groups is 1. The number of fused-ring (bicyclic) bond motifs is 9. The number of aromatic nitrogens is 2. The van der Waals surface area contributed by atoms with Crippen LogP contribution in [0.25, 0.3) is 43.4 Å². The highest BCUT2D eigenvalue weighted by Gasteiger charge is 2.66. The Morgan fingerprint density at radius 1 is 1.07 bits per heavy atom. The fourth-order valence-corrected chi connectivity index (χ4v) is 8.89. The minimum absolute atomic E-state index is 0.000164. The first-order valence-electron chi connectivity index (χ1n) is 15.4. The van der Waals surface area contributed by atoms with E-state index in [1.54, 1.807) is 7.11 Å². The monoisotopic (exact) mass is 589 g/mol. The summed E-state index contributed by atoms with van der Waals surface area (Å²) in [5, 5.41) is 18.1. The van der Waals surface area contributed by atoms with E-state index in [0.717, 1.165) is 23.4 Å². The van der Waals surface area contributed by atoms with E-state index in [0.29, 0.717) is 5.92 Å². The number of benzene rings is 3. The zero-order valence-corrected chi connectivity index (χ0v) is 26.8. The van der Waals surface area contributed by atoms with Gasteiger partial charge in [-0.25, -0.2) is 4.57 Å². The van der Waals surface area contributed by atoms with E-state index in [1.807, 2.05) is 23.7 Å². The van der Waals surface area contributed by atoms with Crippen molar-refractivity contribution in [2.24, 2.45) is 11.8 Å². The SMILES string of the molecule is C=CC1C2C(c3c(cc(C(C)(C)C)c4ccccc34)-c3cc(-c4ccc(CC(C)C)c5sccc45)nc[n+]32)C1(O)COC. The molecule has 4 unspecified atom stereocenters. The molecule has 1 fully saturated rings. The van der Waals surface area contributed by atoms with Crippen LogP contribution >= 0.6 is 11.3 Å². The van der Waals surface area contributed by atoms with E-state index >= 15 is 0 Å². The molecular formula is C38H41N2O2S+. The predicted molar refractivity (Wildman–Crippen MR) is 178 cm³/mol. The molecule has 4 atom stereocenters. The molecule has 0 spiro atoms. The van der Waals surface area contributed by atoms with Crippen LogP contribution in [-0.2, 0) is 16.6 Å². The Bertz CT molecular complexity index is 1900. The van der Waals surface area contributed by atoms with Crippen LogP contribution in [0.4, 0.5) is 0 Å². The molecular weight excluding hydrogens is 548 g/mol. The van der Waals surface area contributed by atoms with Crippen LogP contribution in [0.5, 0.6) is 0 Å². The maximum atomic E-state index is 12.2. The molecule has 5 aromatic rings. The maximum Gasteiger partial charge on any atom is 0.287 e. The van der Waals surface area contributed by atoms with Gasteiger partial charge in [0.2, 0.25) is 0 Å². The van der Waals surface area contributed by atoms with Gasteiger partial charge in [0.1, 0.15) is 17.3 Å². The first-order chi connectivity index (χ1) is 20.6. The van der Waals surface area contributed by atoms with Gasteiger partial charge in [-0.2, -0.15) is 0 Å². The molecule has 0 saturated heterocycles. The summed E-state index contributed by atoms with van der Waals surface area (Å²) < 4.78 is 9.30. The lowest BCUT2D eigenvalue weighted by molar-refractivity contribution is -0.746. The summed E-state index contributed by atoms with van der Waals surface area (Å²) in [5.41, 5.74) is 7.25. The van der Waals surface area contributed by atoms with Crippen LogP contribution in [0.3, 0.4) is 0 Å². The third kappa shape index (κ3) is 4.16. The molecule has 0 amide bonds. The summed E-state index contributed by atoms with van der Waals surface area (Å²) in [6, 6.07) is 20.2. The highest BCUT2D eigenvalue weighted by atomic mass is 32.1. The second-order valence-corrected chi connectivity index (χ2v) is 14.9. The van der Waals surface area contributed by atoms with Crippen LogP contribution in [-0.4, -0.2) is 29.4 Å². The van der Waals surface area contributed by atoms with Crippen molar-refractivity contribution in [3.8, 4) is 22.5 Å². The molecule has 43 heavy (non-hydrogen) atoms. The summed E-state index contributed by atoms with van der Waals surface area (Å²) in [6.07, 6.45) is 4.97. The van der Waals surface area contributed by atoms with E-state index in [-0.39, 0.29) is 29.9 Å². The highest BCUT2D eigenvalue weighted by Crippen LogP contribution is 2.62. The molecule has 4 nitrogen and oxygen atoms in total.